The monoisotopic (exact) mass is 300 g/mol. The van der Waals surface area contributed by atoms with Gasteiger partial charge in [-0.05, 0) is 18.3 Å². The maximum absolute atomic E-state index is 12.3. The zero-order valence-electron chi connectivity index (χ0n) is 14.1. The molecular weight excluding hydrogens is 268 g/mol. The molecule has 0 aliphatic heterocycles. The van der Waals surface area contributed by atoms with E-state index in [1.807, 2.05) is 13.8 Å². The van der Waals surface area contributed by atoms with Crippen molar-refractivity contribution in [2.24, 2.45) is 17.6 Å². The van der Waals surface area contributed by atoms with E-state index in [2.05, 4.69) is 13.8 Å². The highest BCUT2D eigenvalue weighted by molar-refractivity contribution is 5.82. The Morgan fingerprint density at radius 1 is 1.24 bits per heavy atom. The third kappa shape index (κ3) is 7.46. The highest BCUT2D eigenvalue weighted by Crippen LogP contribution is 2.20. The SMILES string of the molecule is CCCCC(C)CC(CC(=O)O)N(C)C(=O)C(N)C(C)C. The highest BCUT2D eigenvalue weighted by Gasteiger charge is 2.28. The molecule has 0 aliphatic rings. The number of aliphatic carboxylic acids is 1. The number of likely N-dealkylation sites (N-methyl/N-ethyl adjacent to an activating group) is 1. The van der Waals surface area contributed by atoms with Crippen LogP contribution in [-0.4, -0.2) is 41.0 Å². The van der Waals surface area contributed by atoms with Crippen molar-refractivity contribution in [1.29, 1.82) is 0 Å². The topological polar surface area (TPSA) is 83.6 Å². The summed E-state index contributed by atoms with van der Waals surface area (Å²) in [5.41, 5.74) is 5.90. The van der Waals surface area contributed by atoms with Crippen LogP contribution in [-0.2, 0) is 9.59 Å². The first-order chi connectivity index (χ1) is 9.70. The highest BCUT2D eigenvalue weighted by atomic mass is 16.4. The van der Waals surface area contributed by atoms with Gasteiger partial charge in [0.05, 0.1) is 12.5 Å². The van der Waals surface area contributed by atoms with Gasteiger partial charge in [-0.3, -0.25) is 9.59 Å². The Morgan fingerprint density at radius 2 is 1.81 bits per heavy atom. The number of hydrogen-bond donors (Lipinski definition) is 2. The van der Waals surface area contributed by atoms with Crippen LogP contribution in [0.3, 0.4) is 0 Å². The Labute approximate surface area is 128 Å². The maximum Gasteiger partial charge on any atom is 0.305 e. The fourth-order valence-electron chi connectivity index (χ4n) is 2.42. The fraction of sp³-hybridized carbons (Fsp3) is 0.875. The van der Waals surface area contributed by atoms with E-state index >= 15 is 0 Å². The number of hydrogen-bond acceptors (Lipinski definition) is 3. The molecule has 1 amide bonds. The summed E-state index contributed by atoms with van der Waals surface area (Å²) in [6.45, 7) is 8.04. The van der Waals surface area contributed by atoms with Crippen molar-refractivity contribution < 1.29 is 14.7 Å². The molecular formula is C16H32N2O3. The molecule has 3 unspecified atom stereocenters. The molecule has 0 radical (unpaired) electrons. The second kappa shape index (κ2) is 9.77. The van der Waals surface area contributed by atoms with Crippen LogP contribution in [0.4, 0.5) is 0 Å². The van der Waals surface area contributed by atoms with Gasteiger partial charge in [0.1, 0.15) is 0 Å². The molecule has 0 bridgehead atoms. The zero-order chi connectivity index (χ0) is 16.6. The molecule has 0 aromatic rings. The average molecular weight is 300 g/mol. The minimum absolute atomic E-state index is 0.0243. The molecule has 0 saturated heterocycles. The number of carbonyl (C=O) groups excluding carboxylic acids is 1. The number of amides is 1. The van der Waals surface area contributed by atoms with Gasteiger partial charge in [-0.25, -0.2) is 0 Å². The molecule has 3 N–H and O–H groups in total. The van der Waals surface area contributed by atoms with Gasteiger partial charge in [0.15, 0.2) is 0 Å². The number of carboxylic acids is 1. The molecule has 0 aromatic carbocycles. The van der Waals surface area contributed by atoms with Gasteiger partial charge in [0.25, 0.3) is 0 Å². The molecule has 124 valence electrons. The summed E-state index contributed by atoms with van der Waals surface area (Å²) in [6, 6.07) is -0.858. The first kappa shape index (κ1) is 19.9. The predicted molar refractivity (Wildman–Crippen MR) is 84.9 cm³/mol. The summed E-state index contributed by atoms with van der Waals surface area (Å²) in [5, 5.41) is 9.08. The van der Waals surface area contributed by atoms with Crippen molar-refractivity contribution in [2.45, 2.75) is 71.9 Å². The van der Waals surface area contributed by atoms with E-state index < -0.39 is 12.0 Å². The molecule has 0 aromatic heterocycles. The van der Waals surface area contributed by atoms with Gasteiger partial charge in [-0.1, -0.05) is 47.0 Å². The summed E-state index contributed by atoms with van der Waals surface area (Å²) in [6.07, 6.45) is 4.00. The van der Waals surface area contributed by atoms with Gasteiger partial charge in [0.2, 0.25) is 5.91 Å². The van der Waals surface area contributed by atoms with Gasteiger partial charge >= 0.3 is 5.97 Å². The van der Waals surface area contributed by atoms with Crippen LogP contribution in [0.5, 0.6) is 0 Å². The van der Waals surface area contributed by atoms with Gasteiger partial charge in [-0.15, -0.1) is 0 Å². The van der Waals surface area contributed by atoms with E-state index in [0.717, 1.165) is 19.3 Å². The molecule has 0 heterocycles. The van der Waals surface area contributed by atoms with Gasteiger partial charge in [-0.2, -0.15) is 0 Å². The van der Waals surface area contributed by atoms with Crippen molar-refractivity contribution in [3.8, 4) is 0 Å². The van der Waals surface area contributed by atoms with Crippen LogP contribution >= 0.6 is 0 Å². The summed E-state index contributed by atoms with van der Waals surface area (Å²) < 4.78 is 0. The molecule has 0 spiro atoms. The molecule has 5 heteroatoms. The summed E-state index contributed by atoms with van der Waals surface area (Å²) >= 11 is 0. The van der Waals surface area contributed by atoms with E-state index in [0.29, 0.717) is 12.3 Å². The summed E-state index contributed by atoms with van der Waals surface area (Å²) in [7, 11) is 1.67. The fourth-order valence-corrected chi connectivity index (χ4v) is 2.42. The Bertz CT molecular complexity index is 331. The smallest absolute Gasteiger partial charge is 0.305 e. The number of carboxylic acid groups (broad SMARTS) is 1. The third-order valence-corrected chi connectivity index (χ3v) is 4.03. The lowest BCUT2D eigenvalue weighted by Crippen LogP contribution is -2.49. The summed E-state index contributed by atoms with van der Waals surface area (Å²) in [5.74, 6) is -0.595. The van der Waals surface area contributed by atoms with Crippen LogP contribution in [0.25, 0.3) is 0 Å². The lowest BCUT2D eigenvalue weighted by Gasteiger charge is -2.32. The van der Waals surface area contributed by atoms with E-state index in [-0.39, 0.29) is 24.3 Å². The quantitative estimate of drug-likeness (QED) is 0.649. The lowest BCUT2D eigenvalue weighted by atomic mass is 9.93. The van der Waals surface area contributed by atoms with E-state index in [4.69, 9.17) is 10.8 Å². The van der Waals surface area contributed by atoms with Crippen LogP contribution < -0.4 is 5.73 Å². The largest absolute Gasteiger partial charge is 0.481 e. The van der Waals surface area contributed by atoms with Crippen molar-refractivity contribution in [3.63, 3.8) is 0 Å². The minimum atomic E-state index is -0.875. The van der Waals surface area contributed by atoms with Crippen LogP contribution in [0.2, 0.25) is 0 Å². The number of nitrogens with two attached hydrogens (primary N) is 1. The van der Waals surface area contributed by atoms with Crippen LogP contribution in [0.15, 0.2) is 0 Å². The second-order valence-electron chi connectivity index (χ2n) is 6.45. The predicted octanol–water partition coefficient (Wildman–Crippen LogP) is 2.49. The van der Waals surface area contributed by atoms with Crippen molar-refractivity contribution in [3.05, 3.63) is 0 Å². The van der Waals surface area contributed by atoms with Crippen LogP contribution in [0.1, 0.15) is 59.8 Å². The minimum Gasteiger partial charge on any atom is -0.481 e. The molecule has 0 rings (SSSR count). The van der Waals surface area contributed by atoms with Gasteiger partial charge < -0.3 is 15.7 Å². The van der Waals surface area contributed by atoms with Crippen molar-refractivity contribution in [2.75, 3.05) is 7.05 Å². The number of nitrogens with zero attached hydrogens (tertiary/aromatic N) is 1. The number of rotatable bonds is 10. The maximum atomic E-state index is 12.3. The molecule has 0 aliphatic carbocycles. The zero-order valence-corrected chi connectivity index (χ0v) is 14.1. The van der Waals surface area contributed by atoms with E-state index in [9.17, 15) is 9.59 Å². The first-order valence-corrected chi connectivity index (χ1v) is 7.94. The van der Waals surface area contributed by atoms with Crippen LogP contribution in [0, 0.1) is 11.8 Å². The number of carbonyl (C=O) groups is 2. The molecule has 3 atom stereocenters. The molecule has 0 fully saturated rings. The molecule has 0 saturated carbocycles. The van der Waals surface area contributed by atoms with Crippen molar-refractivity contribution in [1.82, 2.24) is 4.90 Å². The Morgan fingerprint density at radius 3 is 2.24 bits per heavy atom. The third-order valence-electron chi connectivity index (χ3n) is 4.03. The Kier molecular flexibility index (Phi) is 9.26. The van der Waals surface area contributed by atoms with Crippen molar-refractivity contribution >= 4 is 11.9 Å². The first-order valence-electron chi connectivity index (χ1n) is 7.94. The molecule has 21 heavy (non-hydrogen) atoms. The van der Waals surface area contributed by atoms with E-state index in [1.165, 1.54) is 0 Å². The molecule has 5 nitrogen and oxygen atoms in total. The summed E-state index contributed by atoms with van der Waals surface area (Å²) in [4.78, 5) is 24.9. The Balaban J connectivity index is 4.80. The van der Waals surface area contributed by atoms with Gasteiger partial charge in [0, 0.05) is 13.1 Å². The van der Waals surface area contributed by atoms with E-state index in [1.54, 1.807) is 11.9 Å². The standard InChI is InChI=1S/C16H32N2O3/c1-6-7-8-12(4)9-13(10-14(19)20)18(5)16(21)15(17)11(2)3/h11-13,15H,6-10,17H2,1-5H3,(H,19,20). The average Bonchev–Trinajstić information content (AvgIpc) is 2.41. The lowest BCUT2D eigenvalue weighted by molar-refractivity contribution is -0.141. The number of unbranched alkanes of at least 4 members (excludes halogenated alkanes) is 1. The normalized spacial score (nSPS) is 15.6. The Hall–Kier alpha value is -1.10. The second-order valence-corrected chi connectivity index (χ2v) is 6.45.